The fourth-order valence-electron chi connectivity index (χ4n) is 4.69. The molecular formula is C18H36N6O3S. The summed E-state index contributed by atoms with van der Waals surface area (Å²) in [6.45, 7) is 4.41. The van der Waals surface area contributed by atoms with Crippen molar-refractivity contribution in [3.8, 4) is 0 Å². The first-order valence-corrected chi connectivity index (χ1v) is 12.5. The maximum absolute atomic E-state index is 12.5. The average molecular weight is 417 g/mol. The molecule has 5 unspecified atom stereocenters. The molecule has 10 heteroatoms. The van der Waals surface area contributed by atoms with Crippen LogP contribution >= 0.6 is 0 Å². The molecule has 1 aliphatic carbocycles. The van der Waals surface area contributed by atoms with Crippen molar-refractivity contribution in [3.63, 3.8) is 0 Å². The highest BCUT2D eigenvalue weighted by Gasteiger charge is 2.40. The number of rotatable bonds is 5. The first kappa shape index (κ1) is 21.9. The van der Waals surface area contributed by atoms with Gasteiger partial charge in [0.05, 0.1) is 17.3 Å². The zero-order valence-corrected chi connectivity index (χ0v) is 17.9. The van der Waals surface area contributed by atoms with E-state index in [0.717, 1.165) is 51.9 Å². The third-order valence-corrected chi connectivity index (χ3v) is 7.90. The van der Waals surface area contributed by atoms with Gasteiger partial charge in [0.1, 0.15) is 6.29 Å². The molecule has 162 valence electrons. The van der Waals surface area contributed by atoms with Crippen LogP contribution in [0, 0.1) is 5.92 Å². The average Bonchev–Trinajstić information content (AvgIpc) is 2.96. The minimum atomic E-state index is -3.13. The van der Waals surface area contributed by atoms with E-state index >= 15 is 0 Å². The van der Waals surface area contributed by atoms with Gasteiger partial charge in [-0.2, -0.15) is 0 Å². The quantitative estimate of drug-likeness (QED) is 0.364. The van der Waals surface area contributed by atoms with Gasteiger partial charge in [-0.15, -0.1) is 0 Å². The molecule has 0 radical (unpaired) electrons. The van der Waals surface area contributed by atoms with Gasteiger partial charge in [0.2, 0.25) is 5.91 Å². The summed E-state index contributed by atoms with van der Waals surface area (Å²) in [5.41, 5.74) is 0. The third-order valence-electron chi connectivity index (χ3n) is 6.24. The van der Waals surface area contributed by atoms with E-state index < -0.39 is 9.84 Å². The predicted octanol–water partition coefficient (Wildman–Crippen LogP) is -1.61. The molecule has 3 fully saturated rings. The first-order valence-electron chi connectivity index (χ1n) is 10.5. The lowest BCUT2D eigenvalue weighted by molar-refractivity contribution is -0.127. The summed E-state index contributed by atoms with van der Waals surface area (Å²) in [6, 6.07) is -0.127. The molecule has 0 bridgehead atoms. The predicted molar refractivity (Wildman–Crippen MR) is 109 cm³/mol. The third kappa shape index (κ3) is 5.43. The molecule has 2 saturated heterocycles. The fourth-order valence-corrected chi connectivity index (χ4v) is 6.09. The molecule has 0 spiro atoms. The number of carbonyl (C=O) groups is 1. The van der Waals surface area contributed by atoms with Crippen LogP contribution in [0.5, 0.6) is 0 Å². The normalized spacial score (nSPS) is 35.9. The smallest absolute Gasteiger partial charge is 0.227 e. The number of carbonyl (C=O) groups excluding carboxylic acids is 1. The van der Waals surface area contributed by atoms with Crippen LogP contribution in [0.2, 0.25) is 0 Å². The summed E-state index contributed by atoms with van der Waals surface area (Å²) in [6.07, 6.45) is 5.58. The lowest BCUT2D eigenvalue weighted by atomic mass is 9.93. The summed E-state index contributed by atoms with van der Waals surface area (Å²) in [4.78, 5) is 14.8. The number of sulfone groups is 1. The molecule has 5 atom stereocenters. The zero-order chi connectivity index (χ0) is 20.1. The van der Waals surface area contributed by atoms with E-state index in [-0.39, 0.29) is 35.6 Å². The van der Waals surface area contributed by atoms with E-state index in [1.807, 2.05) is 0 Å². The molecule has 1 saturated carbocycles. The molecule has 9 nitrogen and oxygen atoms in total. The molecule has 28 heavy (non-hydrogen) atoms. The highest BCUT2D eigenvalue weighted by Crippen LogP contribution is 2.25. The van der Waals surface area contributed by atoms with Crippen LogP contribution in [0.4, 0.5) is 0 Å². The number of nitrogens with one attached hydrogen (secondary N) is 5. The first-order chi connectivity index (χ1) is 13.4. The molecule has 5 N–H and O–H groups in total. The number of nitrogens with zero attached hydrogens (tertiary/aromatic N) is 1. The van der Waals surface area contributed by atoms with Crippen LogP contribution in [0.3, 0.4) is 0 Å². The van der Waals surface area contributed by atoms with Crippen molar-refractivity contribution < 1.29 is 13.2 Å². The summed E-state index contributed by atoms with van der Waals surface area (Å²) in [7, 11) is -1.49. The van der Waals surface area contributed by atoms with E-state index in [4.69, 9.17) is 0 Å². The monoisotopic (exact) mass is 416 g/mol. The van der Waals surface area contributed by atoms with Crippen molar-refractivity contribution in [2.45, 2.75) is 55.9 Å². The van der Waals surface area contributed by atoms with Gasteiger partial charge in [0, 0.05) is 45.5 Å². The van der Waals surface area contributed by atoms with Gasteiger partial charge in [-0.1, -0.05) is 12.8 Å². The van der Waals surface area contributed by atoms with Crippen molar-refractivity contribution in [3.05, 3.63) is 0 Å². The minimum Gasteiger partial charge on any atom is -0.359 e. The lowest BCUT2D eigenvalue weighted by Gasteiger charge is -2.44. The van der Waals surface area contributed by atoms with E-state index in [9.17, 15) is 13.2 Å². The maximum atomic E-state index is 12.5. The van der Waals surface area contributed by atoms with Crippen molar-refractivity contribution in [2.24, 2.45) is 5.92 Å². The SMILES string of the molecule is CNC(=O)C1CNC(N2CCCNCC2)NC1NC1CCCCC1S(C)(=O)=O. The largest absolute Gasteiger partial charge is 0.359 e. The van der Waals surface area contributed by atoms with E-state index in [2.05, 4.69) is 31.5 Å². The van der Waals surface area contributed by atoms with Crippen molar-refractivity contribution in [1.82, 2.24) is 31.5 Å². The van der Waals surface area contributed by atoms with Gasteiger partial charge in [-0.3, -0.25) is 25.6 Å². The Kier molecular flexibility index (Phi) is 7.68. The Morgan fingerprint density at radius 3 is 2.64 bits per heavy atom. The molecular weight excluding hydrogens is 380 g/mol. The molecule has 0 aromatic heterocycles. The van der Waals surface area contributed by atoms with Crippen LogP contribution < -0.4 is 26.6 Å². The molecule has 2 aliphatic heterocycles. The molecule has 3 aliphatic rings. The summed E-state index contributed by atoms with van der Waals surface area (Å²) in [5, 5.41) is 16.3. The fraction of sp³-hybridized carbons (Fsp3) is 0.944. The second-order valence-electron chi connectivity index (χ2n) is 8.24. The van der Waals surface area contributed by atoms with E-state index in [1.54, 1.807) is 7.05 Å². The second kappa shape index (κ2) is 9.82. The number of hydrogen-bond donors (Lipinski definition) is 5. The van der Waals surface area contributed by atoms with Gasteiger partial charge in [-0.25, -0.2) is 8.42 Å². The Hall–Kier alpha value is -0.780. The molecule has 1 amide bonds. The molecule has 0 aromatic carbocycles. The minimum absolute atomic E-state index is 0.0291. The van der Waals surface area contributed by atoms with Gasteiger partial charge >= 0.3 is 0 Å². The lowest BCUT2D eigenvalue weighted by Crippen LogP contribution is -2.72. The van der Waals surface area contributed by atoms with Crippen LogP contribution in [-0.2, 0) is 14.6 Å². The van der Waals surface area contributed by atoms with Crippen LogP contribution in [0.1, 0.15) is 32.1 Å². The molecule has 0 aromatic rings. The maximum Gasteiger partial charge on any atom is 0.227 e. The summed E-state index contributed by atoms with van der Waals surface area (Å²) >= 11 is 0. The highest BCUT2D eigenvalue weighted by atomic mass is 32.2. The number of hydrogen-bond acceptors (Lipinski definition) is 8. The van der Waals surface area contributed by atoms with Gasteiger partial charge in [0.15, 0.2) is 9.84 Å². The van der Waals surface area contributed by atoms with Crippen molar-refractivity contribution in [2.75, 3.05) is 46.0 Å². The van der Waals surface area contributed by atoms with Gasteiger partial charge in [0.25, 0.3) is 0 Å². The standard InChI is InChI=1S/C18H36N6O3S/c1-19-17(25)13-12-21-18(24-10-5-8-20-9-11-24)23-16(13)22-14-6-3-4-7-15(14)28(2,26)27/h13-16,18,20-23H,3-12H2,1-2H3,(H,19,25). The second-order valence-corrected chi connectivity index (χ2v) is 10.5. The van der Waals surface area contributed by atoms with Crippen LogP contribution in [0.25, 0.3) is 0 Å². The number of amides is 1. The Labute approximate surface area is 168 Å². The topological polar surface area (TPSA) is 115 Å². The van der Waals surface area contributed by atoms with Crippen molar-refractivity contribution in [1.29, 1.82) is 0 Å². The van der Waals surface area contributed by atoms with Gasteiger partial charge < -0.3 is 10.6 Å². The Bertz CT molecular complexity index is 623. The van der Waals surface area contributed by atoms with Gasteiger partial charge in [-0.05, 0) is 25.8 Å². The Morgan fingerprint density at radius 1 is 1.11 bits per heavy atom. The van der Waals surface area contributed by atoms with Crippen LogP contribution in [0.15, 0.2) is 0 Å². The molecule has 3 rings (SSSR count). The Morgan fingerprint density at radius 2 is 1.89 bits per heavy atom. The van der Waals surface area contributed by atoms with E-state index in [1.165, 1.54) is 6.26 Å². The van der Waals surface area contributed by atoms with Crippen LogP contribution in [-0.4, -0.2) is 89.0 Å². The highest BCUT2D eigenvalue weighted by molar-refractivity contribution is 7.91. The van der Waals surface area contributed by atoms with E-state index in [0.29, 0.717) is 13.0 Å². The zero-order valence-electron chi connectivity index (χ0n) is 17.0. The van der Waals surface area contributed by atoms with Crippen molar-refractivity contribution >= 4 is 15.7 Å². The Balaban J connectivity index is 1.73. The molecule has 2 heterocycles. The summed E-state index contributed by atoms with van der Waals surface area (Å²) < 4.78 is 24.6. The summed E-state index contributed by atoms with van der Waals surface area (Å²) in [5.74, 6) is -0.339.